The molecule has 6 bridgehead atoms. The van der Waals surface area contributed by atoms with Crippen LogP contribution in [0, 0.1) is 35.5 Å². The molecular weight excluding hydrogens is 847 g/mol. The lowest BCUT2D eigenvalue weighted by Crippen LogP contribution is -2.39. The van der Waals surface area contributed by atoms with E-state index in [9.17, 15) is 34.5 Å². The van der Waals surface area contributed by atoms with Crippen LogP contribution in [0.2, 0.25) is 0 Å². The highest BCUT2D eigenvalue weighted by Crippen LogP contribution is 2.33. The molecular formula is C46H67N5O14. The van der Waals surface area contributed by atoms with Gasteiger partial charge in [0.1, 0.15) is 48.6 Å². The fraction of sp³-hybridized carbons (Fsp3) is 0.630. The van der Waals surface area contributed by atoms with Gasteiger partial charge in [0.2, 0.25) is 24.1 Å². The highest BCUT2D eigenvalue weighted by atomic mass is 16.6. The van der Waals surface area contributed by atoms with Crippen LogP contribution < -0.4 is 5.73 Å². The number of esters is 1. The van der Waals surface area contributed by atoms with Gasteiger partial charge in [0, 0.05) is 64.0 Å². The Hall–Kier alpha value is -5.21. The normalized spacial score (nSPS) is 26.2. The number of hydrogen-bond donors (Lipinski definition) is 4. The number of carbonyl (C=O) groups excluding carboxylic acids is 4. The molecule has 1 aliphatic rings. The van der Waals surface area contributed by atoms with Gasteiger partial charge in [-0.15, -0.1) is 0 Å². The first-order valence-electron chi connectivity index (χ1n) is 22.0. The maximum Gasteiger partial charge on any atom is 0.404 e. The lowest BCUT2D eigenvalue weighted by atomic mass is 9.84. The van der Waals surface area contributed by atoms with Crippen molar-refractivity contribution in [2.24, 2.45) is 41.2 Å². The predicted molar refractivity (Wildman–Crippen MR) is 235 cm³/mol. The van der Waals surface area contributed by atoms with Crippen molar-refractivity contribution in [2.75, 3.05) is 21.3 Å². The first-order chi connectivity index (χ1) is 30.8. The van der Waals surface area contributed by atoms with E-state index in [0.29, 0.717) is 12.8 Å². The molecule has 3 aromatic heterocycles. The minimum atomic E-state index is -1.23. The molecule has 0 saturated heterocycles. The van der Waals surface area contributed by atoms with Crippen LogP contribution in [0.25, 0.3) is 29.2 Å². The van der Waals surface area contributed by atoms with Crippen LogP contribution in [-0.4, -0.2) is 117 Å². The van der Waals surface area contributed by atoms with Gasteiger partial charge in [0.05, 0.1) is 30.8 Å². The number of carbonyl (C=O) groups is 4. The van der Waals surface area contributed by atoms with Crippen molar-refractivity contribution in [3.8, 4) is 23.2 Å². The first-order valence-corrected chi connectivity index (χ1v) is 22.0. The Labute approximate surface area is 379 Å². The van der Waals surface area contributed by atoms with E-state index in [1.807, 2.05) is 26.8 Å². The molecule has 19 nitrogen and oxygen atoms in total. The Kier molecular flexibility index (Phi) is 20.1. The molecule has 0 unspecified atom stereocenters. The van der Waals surface area contributed by atoms with Crippen molar-refractivity contribution >= 4 is 30.3 Å². The molecule has 2 amide bonds. The quantitative estimate of drug-likeness (QED) is 0.102. The molecule has 0 aromatic carbocycles. The van der Waals surface area contributed by atoms with Gasteiger partial charge in [0.15, 0.2) is 11.4 Å². The number of cyclic esters (lactones) is 1. The summed E-state index contributed by atoms with van der Waals surface area (Å²) in [4.78, 5) is 64.9. The predicted octanol–water partition coefficient (Wildman–Crippen LogP) is 5.89. The molecule has 4 heterocycles. The topological polar surface area (TPSA) is 273 Å². The molecule has 360 valence electrons. The molecule has 0 spiro atoms. The van der Waals surface area contributed by atoms with Crippen LogP contribution in [0.4, 0.5) is 4.79 Å². The molecule has 5 N–H and O–H groups in total. The van der Waals surface area contributed by atoms with Crippen molar-refractivity contribution in [1.29, 1.82) is 0 Å². The number of ketones is 1. The third-order valence-electron chi connectivity index (χ3n) is 12.3. The number of aromatic nitrogens is 3. The summed E-state index contributed by atoms with van der Waals surface area (Å²) in [6.45, 7) is 10.9. The fourth-order valence-electron chi connectivity index (χ4n) is 8.07. The summed E-state index contributed by atoms with van der Waals surface area (Å²) in [7, 11) is 4.70. The van der Waals surface area contributed by atoms with Crippen LogP contribution in [0.1, 0.15) is 104 Å². The lowest BCUT2D eigenvalue weighted by molar-refractivity contribution is -0.159. The van der Waals surface area contributed by atoms with Crippen LogP contribution in [0.5, 0.6) is 0 Å². The highest BCUT2D eigenvalue weighted by Gasteiger charge is 2.35. The van der Waals surface area contributed by atoms with E-state index in [2.05, 4.69) is 15.0 Å². The van der Waals surface area contributed by atoms with Crippen LogP contribution in [0.15, 0.2) is 50.4 Å². The number of amides is 2. The van der Waals surface area contributed by atoms with E-state index in [4.69, 9.17) is 37.9 Å². The monoisotopic (exact) mass is 913 g/mol. The summed E-state index contributed by atoms with van der Waals surface area (Å²) in [6.07, 6.45) is 4.84. The van der Waals surface area contributed by atoms with Gasteiger partial charge in [-0.2, -0.15) is 0 Å². The Morgan fingerprint density at radius 1 is 0.938 bits per heavy atom. The molecule has 4 rings (SSSR count). The van der Waals surface area contributed by atoms with E-state index in [-0.39, 0.29) is 96.8 Å². The van der Waals surface area contributed by atoms with Crippen LogP contribution >= 0.6 is 0 Å². The van der Waals surface area contributed by atoms with Gasteiger partial charge in [-0.1, -0.05) is 53.7 Å². The SMILES string of the molecule is CO[C@H]([C@H](C)C=CN(C)C=O)[C@@H](C)C(=O)CC[C@H](C)[C@H](C[C@@H]1OC(=O)C[C@@H](OC(N)=O)C[C@H](C)C[C@H](O)[C@H](C)[C@@H](O)c2coc(n2)-c2coc(n2)-c2coc(n2)C=CC[C@H](O)[C@H]1C)OC. The van der Waals surface area contributed by atoms with E-state index in [1.54, 1.807) is 53.3 Å². The van der Waals surface area contributed by atoms with Crippen molar-refractivity contribution in [3.63, 3.8) is 0 Å². The smallest absolute Gasteiger partial charge is 0.404 e. The zero-order chi connectivity index (χ0) is 48.0. The number of ether oxygens (including phenoxy) is 4. The summed E-state index contributed by atoms with van der Waals surface area (Å²) in [5.74, 6) is -2.86. The average molecular weight is 914 g/mol. The maximum atomic E-state index is 13.8. The molecule has 0 saturated carbocycles. The van der Waals surface area contributed by atoms with Gasteiger partial charge in [-0.25, -0.2) is 19.7 Å². The molecule has 3 aromatic rings. The Balaban J connectivity index is 1.57. The summed E-state index contributed by atoms with van der Waals surface area (Å²) >= 11 is 0. The van der Waals surface area contributed by atoms with E-state index in [0.717, 1.165) is 0 Å². The van der Waals surface area contributed by atoms with Crippen molar-refractivity contribution < 1.29 is 66.7 Å². The zero-order valence-corrected chi connectivity index (χ0v) is 38.8. The second-order valence-corrected chi connectivity index (χ2v) is 17.4. The van der Waals surface area contributed by atoms with E-state index >= 15 is 0 Å². The molecule has 1 aliphatic heterocycles. The number of fused-ring (bicyclic) bond motifs is 8. The van der Waals surface area contributed by atoms with Gasteiger partial charge in [-0.3, -0.25) is 14.4 Å². The molecule has 19 heteroatoms. The van der Waals surface area contributed by atoms with E-state index < -0.39 is 72.5 Å². The Bertz CT molecular complexity index is 2030. The number of Topliss-reactive ketones (excluding diaryl/α,β-unsaturated/α-hetero) is 1. The second kappa shape index (κ2) is 24.9. The fourth-order valence-corrected chi connectivity index (χ4v) is 8.07. The summed E-state index contributed by atoms with van der Waals surface area (Å²) < 4.78 is 39.9. The number of oxazole rings is 3. The standard InChI is InChI=1S/C46H67N5O14/c1-25-17-31(64-46(47)58)19-41(56)65-39(20-38(59-8)26(2)13-14-36(54)30(6)43(60-9)27(3)15-16-51(7)24-52)28(4)35(53)11-10-12-40-48-33(22-61-40)44-50-34(23-63-44)45-49-32(21-62-45)42(57)29(5)37(55)18-25/h10,12,15-16,21-31,35,37-39,42-43,53,55,57H,11,13-14,17-20H2,1-9H3,(H2,47,58)/t25-,26-,27+,28+,29-,30-,31-,35-,37-,38-,39-,42+,43+/m0/s1. The summed E-state index contributed by atoms with van der Waals surface area (Å²) in [5.41, 5.74) is 6.10. The van der Waals surface area contributed by atoms with Crippen LogP contribution in [0.3, 0.4) is 0 Å². The van der Waals surface area contributed by atoms with Crippen molar-refractivity contribution in [1.82, 2.24) is 19.9 Å². The largest absolute Gasteiger partial charge is 0.462 e. The maximum absolute atomic E-state index is 13.8. The lowest BCUT2D eigenvalue weighted by Gasteiger charge is -2.33. The van der Waals surface area contributed by atoms with Crippen molar-refractivity contribution in [3.05, 3.63) is 48.7 Å². The molecule has 0 radical (unpaired) electrons. The molecule has 0 fully saturated rings. The third kappa shape index (κ3) is 15.2. The minimum absolute atomic E-state index is 0.00968. The Morgan fingerprint density at radius 2 is 1.62 bits per heavy atom. The zero-order valence-electron chi connectivity index (χ0n) is 38.8. The number of hydrogen-bond acceptors (Lipinski definition) is 17. The number of nitrogens with two attached hydrogens (primary N) is 1. The molecule has 65 heavy (non-hydrogen) atoms. The first kappa shape index (κ1) is 52.4. The van der Waals surface area contributed by atoms with Gasteiger partial charge < -0.3 is 58.2 Å². The second-order valence-electron chi connectivity index (χ2n) is 17.4. The minimum Gasteiger partial charge on any atom is -0.462 e. The average Bonchev–Trinajstić information content (AvgIpc) is 4.07. The van der Waals surface area contributed by atoms with Crippen molar-refractivity contribution in [2.45, 2.75) is 129 Å². The number of primary amides is 1. The summed E-state index contributed by atoms with van der Waals surface area (Å²) in [6, 6.07) is 0. The number of aliphatic hydroxyl groups excluding tert-OH is 3. The molecule has 0 aliphatic carbocycles. The third-order valence-corrected chi connectivity index (χ3v) is 12.3. The van der Waals surface area contributed by atoms with E-state index in [1.165, 1.54) is 30.8 Å². The van der Waals surface area contributed by atoms with Gasteiger partial charge in [0.25, 0.3) is 0 Å². The molecule has 13 atom stereocenters. The highest BCUT2D eigenvalue weighted by molar-refractivity contribution is 5.81. The summed E-state index contributed by atoms with van der Waals surface area (Å²) in [5, 5.41) is 33.9. The number of nitrogens with zero attached hydrogens (tertiary/aromatic N) is 4. The Morgan fingerprint density at radius 3 is 2.29 bits per heavy atom. The number of rotatable bonds is 15. The van der Waals surface area contributed by atoms with Gasteiger partial charge >= 0.3 is 12.1 Å². The number of methoxy groups -OCH3 is 2. The van der Waals surface area contributed by atoms with Crippen LogP contribution in [-0.2, 0) is 33.3 Å². The number of aliphatic hydroxyl groups is 3. The van der Waals surface area contributed by atoms with Gasteiger partial charge in [-0.05, 0) is 43.6 Å².